The quantitative estimate of drug-likeness (QED) is 0.869. The van der Waals surface area contributed by atoms with E-state index in [0.717, 1.165) is 6.07 Å². The minimum absolute atomic E-state index is 0.276. The summed E-state index contributed by atoms with van der Waals surface area (Å²) in [5.41, 5.74) is 0.276. The molecule has 1 aromatic rings. The first-order chi connectivity index (χ1) is 8.31. The first-order valence-corrected chi connectivity index (χ1v) is 6.31. The van der Waals surface area contributed by atoms with Gasteiger partial charge in [0, 0.05) is 16.4 Å². The van der Waals surface area contributed by atoms with Crippen LogP contribution in [0, 0.1) is 11.6 Å². The Balaban J connectivity index is 2.29. The molecule has 18 heavy (non-hydrogen) atoms. The molecule has 0 bridgehead atoms. The molecule has 0 radical (unpaired) electrons. The monoisotopic (exact) mass is 273 g/mol. The summed E-state index contributed by atoms with van der Waals surface area (Å²) in [6.07, 6.45) is 0. The van der Waals surface area contributed by atoms with Crippen molar-refractivity contribution in [3.63, 3.8) is 0 Å². The van der Waals surface area contributed by atoms with Gasteiger partial charge in [-0.1, -0.05) is 6.07 Å². The summed E-state index contributed by atoms with van der Waals surface area (Å²) in [5, 5.41) is 11.5. The molecule has 0 spiro atoms. The summed E-state index contributed by atoms with van der Waals surface area (Å²) < 4.78 is 25.9. The molecule has 1 heterocycles. The zero-order valence-electron chi connectivity index (χ0n) is 9.91. The lowest BCUT2D eigenvalue weighted by Gasteiger charge is -2.20. The van der Waals surface area contributed by atoms with Gasteiger partial charge in [-0.05, 0) is 19.9 Å². The van der Waals surface area contributed by atoms with Gasteiger partial charge in [-0.2, -0.15) is 0 Å². The second kappa shape index (κ2) is 4.51. The molecule has 2 atom stereocenters. The number of hydrogen-bond acceptors (Lipinski definition) is 3. The Morgan fingerprint density at radius 2 is 2.11 bits per heavy atom. The number of hydrogen-bond donors (Lipinski definition) is 2. The summed E-state index contributed by atoms with van der Waals surface area (Å²) in [7, 11) is 0. The lowest BCUT2D eigenvalue weighted by molar-refractivity contribution is -0.139. The van der Waals surface area contributed by atoms with Crippen LogP contribution in [-0.2, 0) is 4.79 Å². The van der Waals surface area contributed by atoms with Crippen LogP contribution >= 0.6 is 11.8 Å². The maximum atomic E-state index is 13.6. The Morgan fingerprint density at radius 1 is 1.44 bits per heavy atom. The largest absolute Gasteiger partial charge is 0.480 e. The molecule has 98 valence electrons. The highest BCUT2D eigenvalue weighted by molar-refractivity contribution is 8.01. The molecule has 0 saturated carbocycles. The van der Waals surface area contributed by atoms with Gasteiger partial charge in [-0.25, -0.2) is 8.78 Å². The van der Waals surface area contributed by atoms with E-state index in [1.807, 2.05) is 0 Å². The molecular formula is C12H13F2NO2S. The van der Waals surface area contributed by atoms with E-state index in [4.69, 9.17) is 5.11 Å². The number of halogens is 2. The second-order valence-corrected chi connectivity index (χ2v) is 6.46. The van der Waals surface area contributed by atoms with Crippen LogP contribution < -0.4 is 5.32 Å². The zero-order valence-corrected chi connectivity index (χ0v) is 10.7. The van der Waals surface area contributed by atoms with Crippen LogP contribution in [0.3, 0.4) is 0 Å². The van der Waals surface area contributed by atoms with Crippen molar-refractivity contribution in [3.8, 4) is 0 Å². The Morgan fingerprint density at radius 3 is 2.61 bits per heavy atom. The minimum Gasteiger partial charge on any atom is -0.480 e. The fraction of sp³-hybridized carbons (Fsp3) is 0.417. The van der Waals surface area contributed by atoms with Crippen LogP contribution in [-0.4, -0.2) is 21.9 Å². The molecule has 3 nitrogen and oxygen atoms in total. The molecule has 1 saturated heterocycles. The van der Waals surface area contributed by atoms with Crippen LogP contribution in [0.15, 0.2) is 18.2 Å². The van der Waals surface area contributed by atoms with E-state index >= 15 is 0 Å². The van der Waals surface area contributed by atoms with Gasteiger partial charge in [0.1, 0.15) is 17.7 Å². The molecule has 1 aliphatic heterocycles. The van der Waals surface area contributed by atoms with Gasteiger partial charge in [0.25, 0.3) is 0 Å². The maximum Gasteiger partial charge on any atom is 0.322 e. The van der Waals surface area contributed by atoms with E-state index in [1.165, 1.54) is 23.9 Å². The van der Waals surface area contributed by atoms with E-state index in [9.17, 15) is 13.6 Å². The summed E-state index contributed by atoms with van der Waals surface area (Å²) in [5.74, 6) is -2.28. The molecule has 6 heteroatoms. The second-order valence-electron chi connectivity index (χ2n) is 4.71. The molecule has 1 unspecified atom stereocenters. The molecule has 0 amide bonds. The number of benzene rings is 1. The normalized spacial score (nSPS) is 26.2. The van der Waals surface area contributed by atoms with Crippen LogP contribution in [0.1, 0.15) is 24.8 Å². The standard InChI is InChI=1S/C12H13F2NO2S/c1-12(2)9(11(16)17)15-10(18-12)7-4-3-6(13)5-8(7)14/h3-5,9-10,15H,1-2H3,(H,16,17)/t9-,10?/m0/s1. The zero-order chi connectivity index (χ0) is 13.5. The average molecular weight is 273 g/mol. The van der Waals surface area contributed by atoms with Gasteiger partial charge in [-0.3, -0.25) is 10.1 Å². The molecule has 1 fully saturated rings. The Hall–Kier alpha value is -1.14. The van der Waals surface area contributed by atoms with Crippen LogP contribution in [0.5, 0.6) is 0 Å². The number of nitrogens with one attached hydrogen (secondary N) is 1. The van der Waals surface area contributed by atoms with Crippen LogP contribution in [0.2, 0.25) is 0 Å². The average Bonchev–Trinajstić information content (AvgIpc) is 2.54. The lowest BCUT2D eigenvalue weighted by atomic mass is 10.0. The SMILES string of the molecule is CC1(C)SC(c2ccc(F)cc2F)N[C@H]1C(=O)O. The van der Waals surface area contributed by atoms with Crippen molar-refractivity contribution < 1.29 is 18.7 Å². The number of carboxylic acids is 1. The highest BCUT2D eigenvalue weighted by Crippen LogP contribution is 2.46. The minimum atomic E-state index is -0.975. The van der Waals surface area contributed by atoms with Crippen molar-refractivity contribution in [1.82, 2.24) is 5.32 Å². The fourth-order valence-electron chi connectivity index (χ4n) is 1.99. The van der Waals surface area contributed by atoms with Crippen molar-refractivity contribution in [2.45, 2.75) is 30.0 Å². The number of aliphatic carboxylic acids is 1. The van der Waals surface area contributed by atoms with Gasteiger partial charge in [0.15, 0.2) is 0 Å². The molecular weight excluding hydrogens is 260 g/mol. The molecule has 0 aromatic heterocycles. The van der Waals surface area contributed by atoms with Crippen molar-refractivity contribution in [3.05, 3.63) is 35.4 Å². The summed E-state index contributed by atoms with van der Waals surface area (Å²) in [6.45, 7) is 3.57. The van der Waals surface area contributed by atoms with Crippen molar-refractivity contribution in [1.29, 1.82) is 0 Å². The molecule has 1 aliphatic rings. The van der Waals surface area contributed by atoms with E-state index in [0.29, 0.717) is 0 Å². The topological polar surface area (TPSA) is 49.3 Å². The van der Waals surface area contributed by atoms with Gasteiger partial charge in [-0.15, -0.1) is 11.8 Å². The predicted molar refractivity (Wildman–Crippen MR) is 65.3 cm³/mol. The number of carboxylic acid groups (broad SMARTS) is 1. The van der Waals surface area contributed by atoms with E-state index < -0.39 is 33.8 Å². The van der Waals surface area contributed by atoms with Crippen molar-refractivity contribution in [2.75, 3.05) is 0 Å². The summed E-state index contributed by atoms with van der Waals surface area (Å²) in [6, 6.07) is 2.55. The Kier molecular flexibility index (Phi) is 3.33. The molecule has 2 N–H and O–H groups in total. The third kappa shape index (κ3) is 2.35. The van der Waals surface area contributed by atoms with Crippen molar-refractivity contribution >= 4 is 17.7 Å². The van der Waals surface area contributed by atoms with Crippen molar-refractivity contribution in [2.24, 2.45) is 0 Å². The summed E-state index contributed by atoms with van der Waals surface area (Å²) >= 11 is 1.32. The van der Waals surface area contributed by atoms with Gasteiger partial charge >= 0.3 is 5.97 Å². The molecule has 2 rings (SSSR count). The fourth-order valence-corrected chi connectivity index (χ4v) is 3.43. The lowest BCUT2D eigenvalue weighted by Crippen LogP contribution is -2.43. The van der Waals surface area contributed by atoms with Gasteiger partial charge in [0.05, 0.1) is 5.37 Å². The smallest absolute Gasteiger partial charge is 0.322 e. The van der Waals surface area contributed by atoms with E-state index in [2.05, 4.69) is 5.32 Å². The number of rotatable bonds is 2. The number of thioether (sulfide) groups is 1. The highest BCUT2D eigenvalue weighted by atomic mass is 32.2. The van der Waals surface area contributed by atoms with Gasteiger partial charge in [0.2, 0.25) is 0 Å². The van der Waals surface area contributed by atoms with Gasteiger partial charge < -0.3 is 5.11 Å². The molecule has 1 aromatic carbocycles. The first kappa shape index (κ1) is 13.3. The summed E-state index contributed by atoms with van der Waals surface area (Å²) in [4.78, 5) is 11.1. The number of carbonyl (C=O) groups is 1. The third-order valence-corrected chi connectivity index (χ3v) is 4.40. The third-order valence-electron chi connectivity index (χ3n) is 2.93. The Labute approximate surface area is 108 Å². The maximum absolute atomic E-state index is 13.6. The molecule has 0 aliphatic carbocycles. The highest BCUT2D eigenvalue weighted by Gasteiger charge is 2.46. The predicted octanol–water partition coefficient (Wildman–Crippen LogP) is 2.53. The van der Waals surface area contributed by atoms with E-state index in [-0.39, 0.29) is 5.56 Å². The van der Waals surface area contributed by atoms with E-state index in [1.54, 1.807) is 13.8 Å². The van der Waals surface area contributed by atoms with Crippen LogP contribution in [0.4, 0.5) is 8.78 Å². The first-order valence-electron chi connectivity index (χ1n) is 5.43. The Bertz CT molecular complexity index is 493. The van der Waals surface area contributed by atoms with Crippen LogP contribution in [0.25, 0.3) is 0 Å².